The Labute approximate surface area is 206 Å². The molecule has 8 nitrogen and oxygen atoms in total. The van der Waals surface area contributed by atoms with Crippen LogP contribution in [0.25, 0.3) is 16.7 Å². The van der Waals surface area contributed by atoms with E-state index < -0.39 is 53.4 Å². The van der Waals surface area contributed by atoms with Gasteiger partial charge < -0.3 is 10.4 Å². The van der Waals surface area contributed by atoms with E-state index in [4.69, 9.17) is 11.6 Å². The normalized spacial score (nSPS) is 17.0. The van der Waals surface area contributed by atoms with E-state index in [1.807, 2.05) is 0 Å². The van der Waals surface area contributed by atoms with Crippen LogP contribution in [0.15, 0.2) is 41.3 Å². The maximum atomic E-state index is 14.9. The number of fused-ring (bicyclic) bond motifs is 1. The number of nitrogens with zero attached hydrogens (tertiary/aromatic N) is 3. The Balaban J connectivity index is 1.95. The number of alkyl halides is 3. The predicted octanol–water partition coefficient (Wildman–Crippen LogP) is 3.35. The SMILES string of the molecule is CCC(NC(=O)c1cn(-c2c(F)cccc2Cl)c2nc(N3CC(O)CC3=O)ccc2c1=O)C(F)(F)F. The number of aliphatic hydroxyl groups is 1. The zero-order valence-electron chi connectivity index (χ0n) is 18.6. The minimum atomic E-state index is -4.75. The van der Waals surface area contributed by atoms with Gasteiger partial charge in [-0.25, -0.2) is 9.37 Å². The molecule has 1 aliphatic heterocycles. The number of para-hydroxylation sites is 1. The maximum absolute atomic E-state index is 14.9. The molecule has 190 valence electrons. The van der Waals surface area contributed by atoms with E-state index >= 15 is 0 Å². The highest BCUT2D eigenvalue weighted by molar-refractivity contribution is 6.32. The van der Waals surface area contributed by atoms with Gasteiger partial charge in [0.15, 0.2) is 5.65 Å². The van der Waals surface area contributed by atoms with Crippen molar-refractivity contribution in [3.05, 3.63) is 63.2 Å². The molecule has 0 spiro atoms. The Morgan fingerprint density at radius 3 is 2.58 bits per heavy atom. The van der Waals surface area contributed by atoms with Crippen LogP contribution < -0.4 is 15.6 Å². The number of benzene rings is 1. The summed E-state index contributed by atoms with van der Waals surface area (Å²) in [6.45, 7) is 1.16. The minimum absolute atomic E-state index is 0.0463. The molecule has 1 saturated heterocycles. The van der Waals surface area contributed by atoms with Crippen LogP contribution >= 0.6 is 11.6 Å². The summed E-state index contributed by atoms with van der Waals surface area (Å²) in [6, 6.07) is 4.02. The number of rotatable bonds is 5. The molecule has 2 N–H and O–H groups in total. The van der Waals surface area contributed by atoms with Gasteiger partial charge >= 0.3 is 6.18 Å². The van der Waals surface area contributed by atoms with Gasteiger partial charge in [-0.1, -0.05) is 24.6 Å². The largest absolute Gasteiger partial charge is 0.408 e. The van der Waals surface area contributed by atoms with Gasteiger partial charge in [-0.2, -0.15) is 13.2 Å². The van der Waals surface area contributed by atoms with Gasteiger partial charge in [0, 0.05) is 6.20 Å². The Morgan fingerprint density at radius 2 is 2.00 bits per heavy atom. The molecular formula is C23H19ClF4N4O4. The van der Waals surface area contributed by atoms with Crippen molar-refractivity contribution in [2.75, 3.05) is 11.4 Å². The molecule has 1 fully saturated rings. The van der Waals surface area contributed by atoms with E-state index in [1.54, 1.807) is 5.32 Å². The molecule has 0 bridgehead atoms. The number of hydrogen-bond donors (Lipinski definition) is 2. The average Bonchev–Trinajstić information content (AvgIpc) is 3.15. The molecule has 2 unspecified atom stereocenters. The minimum Gasteiger partial charge on any atom is -0.391 e. The molecule has 0 radical (unpaired) electrons. The van der Waals surface area contributed by atoms with Crippen molar-refractivity contribution < 1.29 is 32.3 Å². The van der Waals surface area contributed by atoms with Gasteiger partial charge in [-0.05, 0) is 30.7 Å². The summed E-state index contributed by atoms with van der Waals surface area (Å²) in [4.78, 5) is 43.6. The quantitative estimate of drug-likeness (QED) is 0.496. The molecule has 0 aliphatic carbocycles. The molecule has 3 aromatic rings. The first-order chi connectivity index (χ1) is 16.9. The second kappa shape index (κ2) is 9.51. The van der Waals surface area contributed by atoms with Gasteiger partial charge in [0.25, 0.3) is 5.91 Å². The maximum Gasteiger partial charge on any atom is 0.408 e. The Hall–Kier alpha value is -3.51. The van der Waals surface area contributed by atoms with Crippen LogP contribution in [0.2, 0.25) is 5.02 Å². The lowest BCUT2D eigenvalue weighted by molar-refractivity contribution is -0.153. The molecule has 13 heteroatoms. The predicted molar refractivity (Wildman–Crippen MR) is 123 cm³/mol. The van der Waals surface area contributed by atoms with Gasteiger partial charge in [0.2, 0.25) is 11.3 Å². The van der Waals surface area contributed by atoms with E-state index in [1.165, 1.54) is 36.1 Å². The second-order valence-corrected chi connectivity index (χ2v) is 8.60. The van der Waals surface area contributed by atoms with Crippen molar-refractivity contribution in [3.63, 3.8) is 0 Å². The lowest BCUT2D eigenvalue weighted by Crippen LogP contribution is -2.46. The van der Waals surface area contributed by atoms with Crippen LogP contribution in [0.1, 0.15) is 30.1 Å². The van der Waals surface area contributed by atoms with Crippen molar-refractivity contribution in [2.24, 2.45) is 0 Å². The van der Waals surface area contributed by atoms with Crippen molar-refractivity contribution in [3.8, 4) is 5.69 Å². The summed E-state index contributed by atoms with van der Waals surface area (Å²) < 4.78 is 55.5. The molecule has 2 atom stereocenters. The van der Waals surface area contributed by atoms with Crippen molar-refractivity contribution in [1.82, 2.24) is 14.9 Å². The topological polar surface area (TPSA) is 105 Å². The summed E-state index contributed by atoms with van der Waals surface area (Å²) >= 11 is 6.20. The summed E-state index contributed by atoms with van der Waals surface area (Å²) in [5, 5.41) is 11.2. The van der Waals surface area contributed by atoms with Crippen molar-refractivity contribution in [2.45, 2.75) is 38.1 Å². The van der Waals surface area contributed by atoms with E-state index in [-0.39, 0.29) is 40.5 Å². The molecule has 2 amide bonds. The molecule has 0 saturated carbocycles. The van der Waals surface area contributed by atoms with Crippen LogP contribution in [-0.4, -0.2) is 51.3 Å². The molecule has 4 rings (SSSR count). The Morgan fingerprint density at radius 1 is 1.28 bits per heavy atom. The van der Waals surface area contributed by atoms with Crippen molar-refractivity contribution in [1.29, 1.82) is 0 Å². The number of aliphatic hydroxyl groups excluding tert-OH is 1. The number of β-amino-alcohol motifs (C(OH)–C–C–N with tert-alkyl or cyclic N) is 1. The first-order valence-electron chi connectivity index (χ1n) is 10.8. The monoisotopic (exact) mass is 526 g/mol. The smallest absolute Gasteiger partial charge is 0.391 e. The lowest BCUT2D eigenvalue weighted by Gasteiger charge is -2.21. The first-order valence-corrected chi connectivity index (χ1v) is 11.2. The van der Waals surface area contributed by atoms with E-state index in [2.05, 4.69) is 4.98 Å². The highest BCUT2D eigenvalue weighted by Crippen LogP contribution is 2.29. The number of anilines is 1. The highest BCUT2D eigenvalue weighted by atomic mass is 35.5. The summed E-state index contributed by atoms with van der Waals surface area (Å²) in [5.41, 5.74) is -2.14. The van der Waals surface area contributed by atoms with Gasteiger partial charge in [-0.15, -0.1) is 0 Å². The number of hydrogen-bond acceptors (Lipinski definition) is 5. The second-order valence-electron chi connectivity index (χ2n) is 8.19. The molecule has 1 aliphatic rings. The zero-order valence-corrected chi connectivity index (χ0v) is 19.4. The number of nitrogens with one attached hydrogen (secondary N) is 1. The number of carbonyl (C=O) groups excluding carboxylic acids is 2. The van der Waals surface area contributed by atoms with Crippen LogP contribution in [0.5, 0.6) is 0 Å². The molecular weight excluding hydrogens is 508 g/mol. The lowest BCUT2D eigenvalue weighted by atomic mass is 10.1. The van der Waals surface area contributed by atoms with Gasteiger partial charge in [-0.3, -0.25) is 23.9 Å². The van der Waals surface area contributed by atoms with E-state index in [9.17, 15) is 37.1 Å². The third kappa shape index (κ3) is 4.65. The highest BCUT2D eigenvalue weighted by Gasteiger charge is 2.40. The zero-order chi connectivity index (χ0) is 26.4. The fourth-order valence-electron chi connectivity index (χ4n) is 3.96. The van der Waals surface area contributed by atoms with E-state index in [0.717, 1.165) is 16.8 Å². The molecule has 1 aromatic carbocycles. The van der Waals surface area contributed by atoms with Crippen molar-refractivity contribution >= 4 is 40.3 Å². The number of pyridine rings is 2. The molecule has 3 heterocycles. The average molecular weight is 527 g/mol. The Bertz CT molecular complexity index is 1410. The summed E-state index contributed by atoms with van der Waals surface area (Å²) in [7, 11) is 0. The molecule has 36 heavy (non-hydrogen) atoms. The van der Waals surface area contributed by atoms with Crippen LogP contribution in [0, 0.1) is 5.82 Å². The number of halogens is 5. The standard InChI is InChI=1S/C23H19ClF4N4O4/c1-2-16(23(26,27)28)29-22(36)13-10-32(19-14(24)4-3-5-15(19)25)21-12(20(13)35)6-7-17(30-21)31-9-11(33)8-18(31)34/h3-7,10-11,16,33H,2,8-9H2,1H3,(H,29,36). The fraction of sp³-hybridized carbons (Fsp3) is 0.304. The Kier molecular flexibility index (Phi) is 6.76. The number of carbonyl (C=O) groups is 2. The summed E-state index contributed by atoms with van der Waals surface area (Å²) in [5.74, 6) is -2.56. The van der Waals surface area contributed by atoms with Gasteiger partial charge in [0.1, 0.15) is 28.9 Å². The number of aromatic nitrogens is 2. The third-order valence-corrected chi connectivity index (χ3v) is 6.05. The first kappa shape index (κ1) is 25.6. The van der Waals surface area contributed by atoms with Crippen LogP contribution in [0.4, 0.5) is 23.4 Å². The summed E-state index contributed by atoms with van der Waals surface area (Å²) in [6.07, 6.45) is -5.42. The van der Waals surface area contributed by atoms with Crippen LogP contribution in [-0.2, 0) is 4.79 Å². The van der Waals surface area contributed by atoms with Crippen LogP contribution in [0.3, 0.4) is 0 Å². The van der Waals surface area contributed by atoms with E-state index in [0.29, 0.717) is 0 Å². The fourth-order valence-corrected chi connectivity index (χ4v) is 4.21. The molecule has 2 aromatic heterocycles. The van der Waals surface area contributed by atoms with Gasteiger partial charge in [0.05, 0.1) is 29.5 Å². The number of amides is 2. The third-order valence-electron chi connectivity index (χ3n) is 5.75.